The molecule has 1 aliphatic rings. The maximum Gasteiger partial charge on any atom is 0.251 e. The molecule has 0 saturated carbocycles. The Hall–Kier alpha value is -2.27. The van der Waals surface area contributed by atoms with Crippen LogP contribution in [-0.2, 0) is 4.74 Å². The molecule has 2 aromatic rings. The van der Waals surface area contributed by atoms with Crippen LogP contribution in [0.5, 0.6) is 5.75 Å². The van der Waals surface area contributed by atoms with Gasteiger partial charge in [-0.25, -0.2) is 0 Å². The average Bonchev–Trinajstić information content (AvgIpc) is 3.20. The molecule has 3 rings (SSSR count). The summed E-state index contributed by atoms with van der Waals surface area (Å²) in [5.74, 6) is 0.464. The van der Waals surface area contributed by atoms with E-state index in [1.54, 1.807) is 24.5 Å². The lowest BCUT2D eigenvalue weighted by atomic mass is 10.1. The number of ether oxygens (including phenoxy) is 2. The molecule has 1 aromatic carbocycles. The first-order chi connectivity index (χ1) is 10.8. The summed E-state index contributed by atoms with van der Waals surface area (Å²) in [5, 5.41) is 3.74. The molecular formula is C17H19NO4. The first-order valence-corrected chi connectivity index (χ1v) is 7.42. The van der Waals surface area contributed by atoms with Crippen molar-refractivity contribution < 1.29 is 18.7 Å². The van der Waals surface area contributed by atoms with E-state index < -0.39 is 0 Å². The highest BCUT2D eigenvalue weighted by atomic mass is 16.5. The van der Waals surface area contributed by atoms with E-state index >= 15 is 0 Å². The van der Waals surface area contributed by atoms with Gasteiger partial charge in [0.15, 0.2) is 0 Å². The first kappa shape index (κ1) is 14.7. The lowest BCUT2D eigenvalue weighted by Crippen LogP contribution is -2.31. The van der Waals surface area contributed by atoms with E-state index in [1.165, 1.54) is 0 Å². The smallest absolute Gasteiger partial charge is 0.251 e. The summed E-state index contributed by atoms with van der Waals surface area (Å²) in [7, 11) is 0. The molecule has 1 saturated heterocycles. The Kier molecular flexibility index (Phi) is 4.44. The maximum absolute atomic E-state index is 12.3. The normalized spacial score (nSPS) is 17.5. The van der Waals surface area contributed by atoms with Gasteiger partial charge in [0.05, 0.1) is 17.8 Å². The van der Waals surface area contributed by atoms with Crippen molar-refractivity contribution in [3.8, 4) is 5.75 Å². The summed E-state index contributed by atoms with van der Waals surface area (Å²) < 4.78 is 16.5. The van der Waals surface area contributed by atoms with E-state index in [0.717, 1.165) is 24.8 Å². The lowest BCUT2D eigenvalue weighted by Gasteiger charge is -2.12. The van der Waals surface area contributed by atoms with Crippen LogP contribution in [0.1, 0.15) is 23.2 Å². The number of furan rings is 1. The number of carbonyl (C=O) groups is 1. The minimum absolute atomic E-state index is 0.118. The van der Waals surface area contributed by atoms with Crippen molar-refractivity contribution in [3.05, 3.63) is 42.7 Å². The molecular weight excluding hydrogens is 282 g/mol. The molecule has 0 unspecified atom stereocenters. The van der Waals surface area contributed by atoms with E-state index in [2.05, 4.69) is 11.9 Å². The van der Waals surface area contributed by atoms with E-state index in [4.69, 9.17) is 13.9 Å². The molecule has 1 fully saturated rings. The van der Waals surface area contributed by atoms with Crippen molar-refractivity contribution in [1.82, 2.24) is 5.32 Å². The number of amides is 1. The third-order valence-corrected chi connectivity index (χ3v) is 3.67. The summed E-state index contributed by atoms with van der Waals surface area (Å²) in [6, 6.07) is 5.27. The van der Waals surface area contributed by atoms with Gasteiger partial charge in [-0.3, -0.25) is 4.79 Å². The van der Waals surface area contributed by atoms with Gasteiger partial charge in [-0.15, -0.1) is 0 Å². The number of carbonyl (C=O) groups excluding carboxylic acids is 1. The zero-order valence-electron chi connectivity index (χ0n) is 12.3. The van der Waals surface area contributed by atoms with Gasteiger partial charge in [-0.05, 0) is 31.0 Å². The molecule has 1 atom stereocenters. The van der Waals surface area contributed by atoms with Gasteiger partial charge in [0.25, 0.3) is 5.91 Å². The minimum Gasteiger partial charge on any atom is -0.489 e. The van der Waals surface area contributed by atoms with Crippen LogP contribution in [0, 0.1) is 0 Å². The van der Waals surface area contributed by atoms with Crippen LogP contribution in [-0.4, -0.2) is 31.8 Å². The molecule has 2 heterocycles. The Morgan fingerprint density at radius 2 is 2.41 bits per heavy atom. The molecule has 1 aliphatic heterocycles. The number of rotatable bonds is 6. The third-order valence-electron chi connectivity index (χ3n) is 3.67. The molecule has 1 amide bonds. The standard InChI is InChI=1S/C17H19NO4/c1-2-6-21-15-9-12(10-16-14(15)5-8-22-16)17(19)18-11-13-4-3-7-20-13/h2,5,8-10,13H,1,3-4,6-7,11H2,(H,18,19)/t13-/m1/s1. The second-order valence-electron chi connectivity index (χ2n) is 5.25. The lowest BCUT2D eigenvalue weighted by molar-refractivity contribution is 0.0857. The van der Waals surface area contributed by atoms with Gasteiger partial charge in [0.1, 0.15) is 17.9 Å². The monoisotopic (exact) mass is 301 g/mol. The van der Waals surface area contributed by atoms with E-state index in [-0.39, 0.29) is 12.0 Å². The van der Waals surface area contributed by atoms with Crippen molar-refractivity contribution in [2.75, 3.05) is 19.8 Å². The van der Waals surface area contributed by atoms with Crippen LogP contribution in [0.3, 0.4) is 0 Å². The molecule has 0 bridgehead atoms. The fourth-order valence-electron chi connectivity index (χ4n) is 2.55. The number of benzene rings is 1. The molecule has 22 heavy (non-hydrogen) atoms. The molecule has 5 nitrogen and oxygen atoms in total. The molecule has 116 valence electrons. The van der Waals surface area contributed by atoms with Gasteiger partial charge in [0.2, 0.25) is 0 Å². The number of fused-ring (bicyclic) bond motifs is 1. The second kappa shape index (κ2) is 6.66. The second-order valence-corrected chi connectivity index (χ2v) is 5.25. The topological polar surface area (TPSA) is 60.7 Å². The summed E-state index contributed by atoms with van der Waals surface area (Å²) >= 11 is 0. The quantitative estimate of drug-likeness (QED) is 0.833. The van der Waals surface area contributed by atoms with Crippen LogP contribution >= 0.6 is 0 Å². The summed E-state index contributed by atoms with van der Waals surface area (Å²) in [4.78, 5) is 12.3. The van der Waals surface area contributed by atoms with Crippen LogP contribution in [0.25, 0.3) is 11.0 Å². The summed E-state index contributed by atoms with van der Waals surface area (Å²) in [6.45, 7) is 5.31. The Morgan fingerprint density at radius 3 is 3.18 bits per heavy atom. The van der Waals surface area contributed by atoms with Crippen LogP contribution < -0.4 is 10.1 Å². The molecule has 1 aromatic heterocycles. The van der Waals surface area contributed by atoms with Gasteiger partial charge in [0, 0.05) is 18.7 Å². The van der Waals surface area contributed by atoms with E-state index in [1.807, 2.05) is 6.07 Å². The van der Waals surface area contributed by atoms with Crippen molar-refractivity contribution in [2.24, 2.45) is 0 Å². The fourth-order valence-corrected chi connectivity index (χ4v) is 2.55. The third kappa shape index (κ3) is 3.14. The van der Waals surface area contributed by atoms with Gasteiger partial charge in [-0.2, -0.15) is 0 Å². The Bertz CT molecular complexity index is 670. The Balaban J connectivity index is 1.76. The van der Waals surface area contributed by atoms with Crippen LogP contribution in [0.2, 0.25) is 0 Å². The minimum atomic E-state index is -0.155. The van der Waals surface area contributed by atoms with Crippen LogP contribution in [0.4, 0.5) is 0 Å². The highest BCUT2D eigenvalue weighted by Crippen LogP contribution is 2.28. The average molecular weight is 301 g/mol. The zero-order chi connectivity index (χ0) is 15.4. The number of nitrogens with one attached hydrogen (secondary N) is 1. The summed E-state index contributed by atoms with van der Waals surface area (Å²) in [6.07, 6.45) is 5.41. The van der Waals surface area contributed by atoms with Crippen molar-refractivity contribution in [2.45, 2.75) is 18.9 Å². The molecule has 0 radical (unpaired) electrons. The molecule has 5 heteroatoms. The fraction of sp³-hybridized carbons (Fsp3) is 0.353. The van der Waals surface area contributed by atoms with Gasteiger partial charge in [-0.1, -0.05) is 12.7 Å². The van der Waals surface area contributed by atoms with E-state index in [9.17, 15) is 4.79 Å². The van der Waals surface area contributed by atoms with E-state index in [0.29, 0.717) is 30.0 Å². The van der Waals surface area contributed by atoms with Crippen LogP contribution in [0.15, 0.2) is 41.5 Å². The Morgan fingerprint density at radius 1 is 1.50 bits per heavy atom. The predicted molar refractivity (Wildman–Crippen MR) is 83.2 cm³/mol. The first-order valence-electron chi connectivity index (χ1n) is 7.42. The molecule has 0 spiro atoms. The summed E-state index contributed by atoms with van der Waals surface area (Å²) in [5.41, 5.74) is 1.14. The van der Waals surface area contributed by atoms with Crippen molar-refractivity contribution in [1.29, 1.82) is 0 Å². The maximum atomic E-state index is 12.3. The van der Waals surface area contributed by atoms with Gasteiger partial charge >= 0.3 is 0 Å². The number of hydrogen-bond acceptors (Lipinski definition) is 4. The van der Waals surface area contributed by atoms with Crippen molar-refractivity contribution in [3.63, 3.8) is 0 Å². The zero-order valence-corrected chi connectivity index (χ0v) is 12.3. The molecule has 0 aliphatic carbocycles. The Labute approximate surface area is 128 Å². The van der Waals surface area contributed by atoms with Gasteiger partial charge < -0.3 is 19.2 Å². The largest absolute Gasteiger partial charge is 0.489 e. The highest BCUT2D eigenvalue weighted by Gasteiger charge is 2.18. The number of hydrogen-bond donors (Lipinski definition) is 1. The SMILES string of the molecule is C=CCOc1cc(C(=O)NC[C@H]2CCCO2)cc2occc12. The molecule has 1 N–H and O–H groups in total. The van der Waals surface area contributed by atoms with Crippen molar-refractivity contribution >= 4 is 16.9 Å². The predicted octanol–water partition coefficient (Wildman–Crippen LogP) is 2.91. The highest BCUT2D eigenvalue weighted by molar-refractivity contribution is 5.99.